The van der Waals surface area contributed by atoms with Crippen LogP contribution in [0.25, 0.3) is 11.3 Å². The highest BCUT2D eigenvalue weighted by molar-refractivity contribution is 6.29. The third-order valence-corrected chi connectivity index (χ3v) is 4.72. The lowest BCUT2D eigenvalue weighted by Crippen LogP contribution is -2.24. The SMILES string of the molecule is CCC(=O)N(C)c1ccc(-c2ccc(C(=O)NCc3ccc(Cl)nc3)cn2)cc1. The summed E-state index contributed by atoms with van der Waals surface area (Å²) in [5.41, 5.74) is 3.82. The number of amides is 2. The molecule has 0 aliphatic carbocycles. The van der Waals surface area contributed by atoms with Gasteiger partial charge in [0.1, 0.15) is 5.15 Å². The Labute approximate surface area is 174 Å². The van der Waals surface area contributed by atoms with Crippen LogP contribution in [0.2, 0.25) is 5.15 Å². The largest absolute Gasteiger partial charge is 0.348 e. The third-order valence-electron chi connectivity index (χ3n) is 4.49. The maximum absolute atomic E-state index is 12.3. The quantitative estimate of drug-likeness (QED) is 0.623. The molecule has 0 spiro atoms. The Bertz CT molecular complexity index is 987. The minimum atomic E-state index is -0.214. The van der Waals surface area contributed by atoms with Gasteiger partial charge in [0.05, 0.1) is 11.3 Å². The predicted octanol–water partition coefficient (Wildman–Crippen LogP) is 4.10. The molecule has 2 aromatic heterocycles. The van der Waals surface area contributed by atoms with Crippen molar-refractivity contribution in [2.24, 2.45) is 0 Å². The number of hydrogen-bond donors (Lipinski definition) is 1. The maximum Gasteiger partial charge on any atom is 0.253 e. The highest BCUT2D eigenvalue weighted by Crippen LogP contribution is 2.22. The lowest BCUT2D eigenvalue weighted by Gasteiger charge is -2.16. The molecule has 6 nitrogen and oxygen atoms in total. The van der Waals surface area contributed by atoms with Gasteiger partial charge in [-0.1, -0.05) is 36.7 Å². The van der Waals surface area contributed by atoms with Crippen LogP contribution >= 0.6 is 11.6 Å². The van der Waals surface area contributed by atoms with E-state index in [1.165, 1.54) is 0 Å². The molecule has 3 aromatic rings. The van der Waals surface area contributed by atoms with Crippen LogP contribution < -0.4 is 10.2 Å². The lowest BCUT2D eigenvalue weighted by atomic mass is 10.1. The Kier molecular flexibility index (Phi) is 6.57. The van der Waals surface area contributed by atoms with Crippen molar-refractivity contribution in [3.8, 4) is 11.3 Å². The number of pyridine rings is 2. The van der Waals surface area contributed by atoms with Crippen LogP contribution in [-0.4, -0.2) is 28.8 Å². The van der Waals surface area contributed by atoms with Gasteiger partial charge in [-0.05, 0) is 35.9 Å². The van der Waals surface area contributed by atoms with Gasteiger partial charge in [0.15, 0.2) is 0 Å². The van der Waals surface area contributed by atoms with E-state index in [2.05, 4.69) is 15.3 Å². The van der Waals surface area contributed by atoms with Crippen molar-refractivity contribution >= 4 is 29.1 Å². The number of carbonyl (C=O) groups excluding carboxylic acids is 2. The third kappa shape index (κ3) is 5.18. The van der Waals surface area contributed by atoms with Crippen molar-refractivity contribution in [1.29, 1.82) is 0 Å². The molecule has 0 aliphatic rings. The molecular weight excluding hydrogens is 388 g/mol. The normalized spacial score (nSPS) is 10.4. The molecule has 29 heavy (non-hydrogen) atoms. The standard InChI is InChI=1S/C22H21ClN4O2/c1-3-21(28)27(2)18-8-5-16(6-9-18)19-10-7-17(14-24-19)22(29)26-13-15-4-11-20(23)25-12-15/h4-12,14H,3,13H2,1-2H3,(H,26,29). The Balaban J connectivity index is 1.64. The average molecular weight is 409 g/mol. The van der Waals surface area contributed by atoms with Crippen LogP contribution in [0.4, 0.5) is 5.69 Å². The van der Waals surface area contributed by atoms with Crippen molar-refractivity contribution in [3.63, 3.8) is 0 Å². The van der Waals surface area contributed by atoms with Gasteiger partial charge in [0.2, 0.25) is 5.91 Å². The topological polar surface area (TPSA) is 75.2 Å². The Morgan fingerprint density at radius 2 is 1.76 bits per heavy atom. The zero-order chi connectivity index (χ0) is 20.8. The molecule has 7 heteroatoms. The van der Waals surface area contributed by atoms with E-state index in [9.17, 15) is 9.59 Å². The molecule has 0 atom stereocenters. The maximum atomic E-state index is 12.3. The minimum absolute atomic E-state index is 0.0561. The Morgan fingerprint density at radius 1 is 1.00 bits per heavy atom. The molecule has 0 fully saturated rings. The number of carbonyl (C=O) groups is 2. The number of hydrogen-bond acceptors (Lipinski definition) is 4. The van der Waals surface area contributed by atoms with E-state index >= 15 is 0 Å². The number of aromatic nitrogens is 2. The number of rotatable bonds is 6. The summed E-state index contributed by atoms with van der Waals surface area (Å²) in [6, 6.07) is 14.6. The highest BCUT2D eigenvalue weighted by Gasteiger charge is 2.10. The summed E-state index contributed by atoms with van der Waals surface area (Å²) in [6.45, 7) is 2.19. The van der Waals surface area contributed by atoms with Gasteiger partial charge in [-0.15, -0.1) is 0 Å². The lowest BCUT2D eigenvalue weighted by molar-refractivity contribution is -0.118. The van der Waals surface area contributed by atoms with Crippen LogP contribution in [0, 0.1) is 0 Å². The van der Waals surface area contributed by atoms with E-state index in [1.54, 1.807) is 42.5 Å². The zero-order valence-electron chi connectivity index (χ0n) is 16.2. The van der Waals surface area contributed by atoms with E-state index in [4.69, 9.17) is 11.6 Å². The molecule has 0 saturated carbocycles. The molecule has 0 bridgehead atoms. The van der Waals surface area contributed by atoms with E-state index in [1.807, 2.05) is 37.3 Å². The van der Waals surface area contributed by atoms with Gasteiger partial charge in [0.25, 0.3) is 5.91 Å². The van der Waals surface area contributed by atoms with Gasteiger partial charge in [-0.2, -0.15) is 0 Å². The molecule has 2 heterocycles. The smallest absolute Gasteiger partial charge is 0.253 e. The van der Waals surface area contributed by atoms with Crippen molar-refractivity contribution in [1.82, 2.24) is 15.3 Å². The van der Waals surface area contributed by atoms with E-state index < -0.39 is 0 Å². The van der Waals surface area contributed by atoms with Gasteiger partial charge >= 0.3 is 0 Å². The Hall–Kier alpha value is -3.25. The summed E-state index contributed by atoms with van der Waals surface area (Å²) in [4.78, 5) is 34.1. The fourth-order valence-corrected chi connectivity index (χ4v) is 2.84. The number of anilines is 1. The zero-order valence-corrected chi connectivity index (χ0v) is 17.0. The van der Waals surface area contributed by atoms with Gasteiger partial charge in [0, 0.05) is 43.7 Å². The first-order valence-electron chi connectivity index (χ1n) is 9.19. The molecule has 0 unspecified atom stereocenters. The number of halogens is 1. The average Bonchev–Trinajstić information content (AvgIpc) is 2.77. The van der Waals surface area contributed by atoms with Crippen LogP contribution in [-0.2, 0) is 11.3 Å². The molecule has 2 amide bonds. The van der Waals surface area contributed by atoms with Crippen molar-refractivity contribution < 1.29 is 9.59 Å². The summed E-state index contributed by atoms with van der Waals surface area (Å²) in [6.07, 6.45) is 3.63. The second-order valence-electron chi connectivity index (χ2n) is 6.46. The second kappa shape index (κ2) is 9.30. The summed E-state index contributed by atoms with van der Waals surface area (Å²) in [7, 11) is 1.76. The first-order valence-corrected chi connectivity index (χ1v) is 9.57. The molecule has 1 N–H and O–H groups in total. The first kappa shape index (κ1) is 20.5. The van der Waals surface area contributed by atoms with Crippen LogP contribution in [0.15, 0.2) is 60.9 Å². The molecule has 0 saturated heterocycles. The second-order valence-corrected chi connectivity index (χ2v) is 6.84. The fraction of sp³-hybridized carbons (Fsp3) is 0.182. The number of benzene rings is 1. The van der Waals surface area contributed by atoms with Crippen molar-refractivity contribution in [2.75, 3.05) is 11.9 Å². The molecule has 0 aliphatic heterocycles. The summed E-state index contributed by atoms with van der Waals surface area (Å²) in [5.74, 6) is -0.158. The van der Waals surface area contributed by atoms with Gasteiger partial charge in [-0.25, -0.2) is 4.98 Å². The molecule has 1 aromatic carbocycles. The van der Waals surface area contributed by atoms with Crippen molar-refractivity contribution in [3.05, 3.63) is 77.2 Å². The summed E-state index contributed by atoms with van der Waals surface area (Å²) >= 11 is 5.76. The highest BCUT2D eigenvalue weighted by atomic mass is 35.5. The Morgan fingerprint density at radius 3 is 2.34 bits per heavy atom. The molecular formula is C22H21ClN4O2. The minimum Gasteiger partial charge on any atom is -0.348 e. The van der Waals surface area contributed by atoms with Crippen LogP contribution in [0.1, 0.15) is 29.3 Å². The predicted molar refractivity (Wildman–Crippen MR) is 114 cm³/mol. The first-order chi connectivity index (χ1) is 14.0. The van der Waals surface area contributed by atoms with Gasteiger partial charge in [-0.3, -0.25) is 14.6 Å². The summed E-state index contributed by atoms with van der Waals surface area (Å²) in [5, 5.41) is 3.24. The van der Waals surface area contributed by atoms with E-state index in [0.29, 0.717) is 23.7 Å². The number of nitrogens with zero attached hydrogens (tertiary/aromatic N) is 3. The van der Waals surface area contributed by atoms with Crippen molar-refractivity contribution in [2.45, 2.75) is 19.9 Å². The molecule has 0 radical (unpaired) electrons. The van der Waals surface area contributed by atoms with Crippen LogP contribution in [0.5, 0.6) is 0 Å². The fourth-order valence-electron chi connectivity index (χ4n) is 2.73. The van der Waals surface area contributed by atoms with E-state index in [0.717, 1.165) is 22.5 Å². The number of nitrogens with one attached hydrogen (secondary N) is 1. The molecule has 148 valence electrons. The van der Waals surface area contributed by atoms with Gasteiger partial charge < -0.3 is 10.2 Å². The molecule has 3 rings (SSSR count). The van der Waals surface area contributed by atoms with Crippen LogP contribution in [0.3, 0.4) is 0 Å². The van der Waals surface area contributed by atoms with E-state index in [-0.39, 0.29) is 11.8 Å². The monoisotopic (exact) mass is 408 g/mol. The summed E-state index contributed by atoms with van der Waals surface area (Å²) < 4.78 is 0.